The van der Waals surface area contributed by atoms with Crippen LogP contribution < -0.4 is 4.18 Å². The molecule has 0 amide bonds. The van der Waals surface area contributed by atoms with Crippen molar-refractivity contribution in [1.82, 2.24) is 0 Å². The van der Waals surface area contributed by atoms with Crippen LogP contribution in [0.1, 0.15) is 12.5 Å². The molecule has 2 aromatic rings. The van der Waals surface area contributed by atoms with Crippen LogP contribution >= 0.6 is 23.2 Å². The van der Waals surface area contributed by atoms with E-state index in [1.807, 2.05) is 6.92 Å². The summed E-state index contributed by atoms with van der Waals surface area (Å²) in [6, 6.07) is 7.85. The van der Waals surface area contributed by atoms with Crippen LogP contribution in [-0.2, 0) is 26.4 Å². The van der Waals surface area contributed by atoms with Gasteiger partial charge in [0.05, 0.1) is 9.92 Å². The molecule has 0 aliphatic rings. The Morgan fingerprint density at radius 1 is 0.958 bits per heavy atom. The number of rotatable bonds is 5. The summed E-state index contributed by atoms with van der Waals surface area (Å²) in [6.07, 6.45) is 1.57. The lowest BCUT2D eigenvalue weighted by Gasteiger charge is -2.11. The molecule has 9 heteroatoms. The minimum absolute atomic E-state index is 0.0667. The summed E-state index contributed by atoms with van der Waals surface area (Å²) >= 11 is 11.9. The van der Waals surface area contributed by atoms with Crippen molar-refractivity contribution in [2.24, 2.45) is 0 Å². The van der Waals surface area contributed by atoms with E-state index in [0.29, 0.717) is 11.4 Å². The summed E-state index contributed by atoms with van der Waals surface area (Å²) in [4.78, 5) is -0.584. The smallest absolute Gasteiger partial charge is 0.340 e. The third-order valence-electron chi connectivity index (χ3n) is 3.20. The Labute approximate surface area is 151 Å². The molecule has 0 aromatic heterocycles. The molecule has 0 N–H and O–H groups in total. The lowest BCUT2D eigenvalue weighted by atomic mass is 10.2. The van der Waals surface area contributed by atoms with Crippen molar-refractivity contribution in [3.63, 3.8) is 0 Å². The van der Waals surface area contributed by atoms with Gasteiger partial charge in [-0.1, -0.05) is 30.1 Å². The summed E-state index contributed by atoms with van der Waals surface area (Å²) in [5, 5.41) is 0.367. The molecule has 0 bridgehead atoms. The average molecular weight is 409 g/mol. The predicted octanol–water partition coefficient (Wildman–Crippen LogP) is 3.73. The zero-order chi connectivity index (χ0) is 18.1. The molecule has 0 heterocycles. The van der Waals surface area contributed by atoms with E-state index in [0.717, 1.165) is 17.9 Å². The first-order valence-electron chi connectivity index (χ1n) is 6.77. The van der Waals surface area contributed by atoms with Crippen LogP contribution in [0, 0.1) is 0 Å². The van der Waals surface area contributed by atoms with Gasteiger partial charge in [0.1, 0.15) is 10.6 Å². The lowest BCUT2D eigenvalue weighted by Crippen LogP contribution is -2.11. The number of benzene rings is 2. The highest BCUT2D eigenvalue weighted by Crippen LogP contribution is 2.29. The second-order valence-electron chi connectivity index (χ2n) is 5.01. The molecule has 2 aromatic carbocycles. The molecular weight excluding hydrogens is 395 g/mol. The quantitative estimate of drug-likeness (QED) is 0.704. The van der Waals surface area contributed by atoms with Gasteiger partial charge in [0.15, 0.2) is 9.84 Å². The first-order chi connectivity index (χ1) is 11.0. The molecule has 0 spiro atoms. The molecule has 0 atom stereocenters. The van der Waals surface area contributed by atoms with E-state index < -0.39 is 24.9 Å². The van der Waals surface area contributed by atoms with Gasteiger partial charge in [-0.3, -0.25) is 0 Å². The molecule has 0 saturated heterocycles. The molecule has 0 aliphatic carbocycles. The van der Waals surface area contributed by atoms with E-state index in [4.69, 9.17) is 27.4 Å². The van der Waals surface area contributed by atoms with Crippen LogP contribution in [0.4, 0.5) is 0 Å². The first kappa shape index (κ1) is 19.1. The van der Waals surface area contributed by atoms with Crippen molar-refractivity contribution < 1.29 is 21.0 Å². The topological polar surface area (TPSA) is 77.5 Å². The summed E-state index contributed by atoms with van der Waals surface area (Å²) in [5.41, 5.74) is 0.723. The maximum absolute atomic E-state index is 12.5. The third-order valence-corrected chi connectivity index (χ3v) is 6.41. The van der Waals surface area contributed by atoms with E-state index in [2.05, 4.69) is 0 Å². The SMILES string of the molecule is CCc1cc(OS(=O)(=O)c2cc(S(C)(=O)=O)ccc2Cl)ccc1Cl. The third kappa shape index (κ3) is 4.22. The largest absolute Gasteiger partial charge is 0.379 e. The highest BCUT2D eigenvalue weighted by atomic mass is 35.5. The van der Waals surface area contributed by atoms with E-state index >= 15 is 0 Å². The van der Waals surface area contributed by atoms with Crippen molar-refractivity contribution >= 4 is 43.2 Å². The Hall–Kier alpha value is -1.28. The number of sulfone groups is 1. The maximum Gasteiger partial charge on any atom is 0.340 e. The second-order valence-corrected chi connectivity index (χ2v) is 9.35. The summed E-state index contributed by atoms with van der Waals surface area (Å²) < 4.78 is 53.2. The van der Waals surface area contributed by atoms with Gasteiger partial charge in [-0.05, 0) is 48.4 Å². The fraction of sp³-hybridized carbons (Fsp3) is 0.200. The second kappa shape index (κ2) is 6.92. The molecule has 0 aliphatic heterocycles. The fourth-order valence-electron chi connectivity index (χ4n) is 1.95. The van der Waals surface area contributed by atoms with Gasteiger partial charge in [-0.25, -0.2) is 8.42 Å². The Bertz CT molecular complexity index is 983. The molecule has 0 unspecified atom stereocenters. The van der Waals surface area contributed by atoms with Crippen molar-refractivity contribution in [2.45, 2.75) is 23.1 Å². The normalized spacial score (nSPS) is 12.2. The van der Waals surface area contributed by atoms with Gasteiger partial charge in [0, 0.05) is 11.3 Å². The van der Waals surface area contributed by atoms with Gasteiger partial charge in [0.2, 0.25) is 0 Å². The minimum Gasteiger partial charge on any atom is -0.379 e. The van der Waals surface area contributed by atoms with Crippen LogP contribution in [0.3, 0.4) is 0 Å². The van der Waals surface area contributed by atoms with E-state index in [1.54, 1.807) is 0 Å². The molecule has 0 radical (unpaired) electrons. The van der Waals surface area contributed by atoms with Crippen LogP contribution in [0.2, 0.25) is 10.0 Å². The highest BCUT2D eigenvalue weighted by molar-refractivity contribution is 7.90. The van der Waals surface area contributed by atoms with E-state index in [9.17, 15) is 16.8 Å². The van der Waals surface area contributed by atoms with Gasteiger partial charge < -0.3 is 4.18 Å². The van der Waals surface area contributed by atoms with Crippen LogP contribution in [0.5, 0.6) is 5.75 Å². The Morgan fingerprint density at radius 3 is 2.17 bits per heavy atom. The predicted molar refractivity (Wildman–Crippen MR) is 93.2 cm³/mol. The lowest BCUT2D eigenvalue weighted by molar-refractivity contribution is 0.485. The summed E-state index contributed by atoms with van der Waals surface area (Å²) in [5.74, 6) is 0.0667. The van der Waals surface area contributed by atoms with Crippen molar-refractivity contribution in [3.05, 3.63) is 52.0 Å². The molecule has 130 valence electrons. The monoisotopic (exact) mass is 408 g/mol. The highest BCUT2D eigenvalue weighted by Gasteiger charge is 2.23. The number of halogens is 2. The zero-order valence-electron chi connectivity index (χ0n) is 12.8. The van der Waals surface area contributed by atoms with Crippen molar-refractivity contribution in [1.29, 1.82) is 0 Å². The summed E-state index contributed by atoms with van der Waals surface area (Å²) in [6.45, 7) is 1.87. The summed E-state index contributed by atoms with van der Waals surface area (Å²) in [7, 11) is -7.89. The average Bonchev–Trinajstić information content (AvgIpc) is 2.48. The number of hydrogen-bond acceptors (Lipinski definition) is 5. The number of hydrogen-bond donors (Lipinski definition) is 0. The minimum atomic E-state index is -4.30. The molecule has 0 saturated carbocycles. The molecule has 0 fully saturated rings. The zero-order valence-corrected chi connectivity index (χ0v) is 15.9. The Balaban J connectivity index is 2.48. The molecule has 24 heavy (non-hydrogen) atoms. The van der Waals surface area contributed by atoms with Crippen molar-refractivity contribution in [3.8, 4) is 5.75 Å². The van der Waals surface area contributed by atoms with E-state index in [-0.39, 0.29) is 15.7 Å². The Kier molecular flexibility index (Phi) is 5.49. The van der Waals surface area contributed by atoms with Crippen LogP contribution in [-0.4, -0.2) is 23.1 Å². The van der Waals surface area contributed by atoms with Gasteiger partial charge in [0.25, 0.3) is 0 Å². The molecular formula is C15H14Cl2O5S2. The Morgan fingerprint density at radius 2 is 1.58 bits per heavy atom. The van der Waals surface area contributed by atoms with E-state index in [1.165, 1.54) is 30.3 Å². The van der Waals surface area contributed by atoms with Crippen molar-refractivity contribution in [2.75, 3.05) is 6.26 Å². The fourth-order valence-corrected chi connectivity index (χ4v) is 4.35. The van der Waals surface area contributed by atoms with Gasteiger partial charge >= 0.3 is 10.1 Å². The van der Waals surface area contributed by atoms with Gasteiger partial charge in [-0.15, -0.1) is 0 Å². The maximum atomic E-state index is 12.5. The first-order valence-corrected chi connectivity index (χ1v) is 10.8. The number of aryl methyl sites for hydroxylation is 1. The molecule has 5 nitrogen and oxygen atoms in total. The standard InChI is InChI=1S/C15H14Cl2O5S2/c1-3-10-8-11(4-6-13(10)16)22-24(20,21)15-9-12(23(2,18)19)5-7-14(15)17/h4-9H,3H2,1-2H3. The van der Waals surface area contributed by atoms with Gasteiger partial charge in [-0.2, -0.15) is 8.42 Å². The molecule has 2 rings (SSSR count). The van der Waals surface area contributed by atoms with Crippen LogP contribution in [0.15, 0.2) is 46.2 Å². The van der Waals surface area contributed by atoms with Crippen LogP contribution in [0.25, 0.3) is 0 Å².